The van der Waals surface area contributed by atoms with Gasteiger partial charge in [-0.2, -0.15) is 0 Å². The fourth-order valence-corrected chi connectivity index (χ4v) is 2.54. The second-order valence-electron chi connectivity index (χ2n) is 6.85. The first-order chi connectivity index (χ1) is 12.3. The summed E-state index contributed by atoms with van der Waals surface area (Å²) in [5.74, 6) is -0.206. The molecule has 2 aromatic rings. The number of hydrogen-bond donors (Lipinski definition) is 2. The number of halogens is 2. The first-order valence-electron chi connectivity index (χ1n) is 8.78. The van der Waals surface area contributed by atoms with E-state index >= 15 is 0 Å². The Kier molecular flexibility index (Phi) is 7.06. The number of benzene rings is 1. The van der Waals surface area contributed by atoms with E-state index in [0.29, 0.717) is 11.4 Å². The van der Waals surface area contributed by atoms with Crippen LogP contribution in [0.4, 0.5) is 8.78 Å². The van der Waals surface area contributed by atoms with Crippen LogP contribution in [0.25, 0.3) is 11.3 Å². The van der Waals surface area contributed by atoms with Gasteiger partial charge in [-0.25, -0.2) is 13.8 Å². The van der Waals surface area contributed by atoms with Crippen LogP contribution in [0.15, 0.2) is 30.3 Å². The zero-order chi connectivity index (χ0) is 19.3. The molecular weight excluding hydrogens is 338 g/mol. The number of hydrogen-bond acceptors (Lipinski definition) is 4. The number of rotatable bonds is 8. The normalized spacial score (nSPS) is 12.7. The van der Waals surface area contributed by atoms with Crippen molar-refractivity contribution < 1.29 is 18.6 Å². The molecule has 0 saturated carbocycles. The minimum absolute atomic E-state index is 0.0410. The lowest BCUT2D eigenvalue weighted by Crippen LogP contribution is -2.37. The highest BCUT2D eigenvalue weighted by Gasteiger charge is 2.15. The number of ether oxygens (including phenoxy) is 1. The number of aromatic nitrogens is 1. The van der Waals surface area contributed by atoms with E-state index in [1.807, 2.05) is 27.7 Å². The number of nitrogens with zero attached hydrogens (tertiary/aromatic N) is 1. The van der Waals surface area contributed by atoms with Crippen molar-refractivity contribution in [1.82, 2.24) is 10.3 Å². The summed E-state index contributed by atoms with van der Waals surface area (Å²) in [5.41, 5.74) is 0.767. The lowest BCUT2D eigenvalue weighted by molar-refractivity contribution is 0.209. The molecule has 0 fully saturated rings. The second kappa shape index (κ2) is 9.05. The van der Waals surface area contributed by atoms with Crippen molar-refractivity contribution in [3.63, 3.8) is 0 Å². The minimum Gasteiger partial charge on any atom is -0.491 e. The Morgan fingerprint density at radius 3 is 2.38 bits per heavy atom. The number of nitrogens with one attached hydrogen (secondary N) is 1. The third kappa shape index (κ3) is 5.22. The van der Waals surface area contributed by atoms with Crippen molar-refractivity contribution in [2.75, 3.05) is 6.61 Å². The fraction of sp³-hybridized carbons (Fsp3) is 0.450. The predicted molar refractivity (Wildman–Crippen MR) is 97.9 cm³/mol. The summed E-state index contributed by atoms with van der Waals surface area (Å²) in [6, 6.07) is 6.99. The lowest BCUT2D eigenvalue weighted by atomic mass is 10.1. The molecule has 0 amide bonds. The number of aliphatic hydroxyl groups is 1. The molecule has 1 aromatic heterocycles. The molecule has 0 radical (unpaired) electrons. The molecule has 0 unspecified atom stereocenters. The highest BCUT2D eigenvalue weighted by molar-refractivity contribution is 5.62. The van der Waals surface area contributed by atoms with Gasteiger partial charge < -0.3 is 15.2 Å². The maximum Gasteiger partial charge on any atom is 0.146 e. The molecule has 26 heavy (non-hydrogen) atoms. The maximum atomic E-state index is 14.3. The maximum absolute atomic E-state index is 14.3. The lowest BCUT2D eigenvalue weighted by Gasteiger charge is -2.20. The largest absolute Gasteiger partial charge is 0.491 e. The zero-order valence-corrected chi connectivity index (χ0v) is 15.6. The van der Waals surface area contributed by atoms with Crippen molar-refractivity contribution in [3.05, 3.63) is 47.7 Å². The van der Waals surface area contributed by atoms with Gasteiger partial charge in [-0.05, 0) is 50.1 Å². The summed E-state index contributed by atoms with van der Waals surface area (Å²) in [7, 11) is 0. The van der Waals surface area contributed by atoms with Crippen molar-refractivity contribution in [1.29, 1.82) is 0 Å². The Morgan fingerprint density at radius 2 is 1.77 bits per heavy atom. The third-order valence-corrected chi connectivity index (χ3v) is 4.04. The van der Waals surface area contributed by atoms with E-state index in [4.69, 9.17) is 4.74 Å². The minimum atomic E-state index is -0.475. The standard InChI is InChI=1S/C20H26F2N2O2/c1-12(2)20(11-25)23-10-19-17(22)7-8-18(24-19)15-9-14(26-13(3)4)5-6-16(15)21/h5-9,12-13,20,23,25H,10-11H2,1-4H3/t20-/m0/s1. The molecule has 0 bridgehead atoms. The molecule has 2 rings (SSSR count). The molecule has 4 nitrogen and oxygen atoms in total. The monoisotopic (exact) mass is 364 g/mol. The fourth-order valence-electron chi connectivity index (χ4n) is 2.54. The molecule has 0 aliphatic carbocycles. The van der Waals surface area contributed by atoms with Crippen molar-refractivity contribution in [2.45, 2.75) is 46.4 Å². The van der Waals surface area contributed by atoms with E-state index in [-0.39, 0.29) is 42.5 Å². The molecule has 1 aromatic carbocycles. The van der Waals surface area contributed by atoms with E-state index in [1.54, 1.807) is 12.1 Å². The summed E-state index contributed by atoms with van der Waals surface area (Å²) in [6.45, 7) is 7.78. The summed E-state index contributed by atoms with van der Waals surface area (Å²) < 4.78 is 34.0. The third-order valence-electron chi connectivity index (χ3n) is 4.04. The van der Waals surface area contributed by atoms with Crippen LogP contribution in [0.1, 0.15) is 33.4 Å². The van der Waals surface area contributed by atoms with Crippen LogP contribution in [-0.4, -0.2) is 28.8 Å². The van der Waals surface area contributed by atoms with Crippen molar-refractivity contribution in [2.24, 2.45) is 5.92 Å². The van der Waals surface area contributed by atoms with E-state index in [0.717, 1.165) is 0 Å². The Labute approximate surface area is 153 Å². The van der Waals surface area contributed by atoms with E-state index in [1.165, 1.54) is 18.2 Å². The van der Waals surface area contributed by atoms with Crippen molar-refractivity contribution in [3.8, 4) is 17.0 Å². The molecule has 0 aliphatic rings. The second-order valence-corrected chi connectivity index (χ2v) is 6.85. The van der Waals surface area contributed by atoms with Gasteiger partial charge in [-0.1, -0.05) is 13.8 Å². The quantitative estimate of drug-likeness (QED) is 0.745. The Morgan fingerprint density at radius 1 is 1.08 bits per heavy atom. The summed E-state index contributed by atoms with van der Waals surface area (Å²) >= 11 is 0. The van der Waals surface area contributed by atoms with Gasteiger partial charge in [0.25, 0.3) is 0 Å². The molecule has 6 heteroatoms. The van der Waals surface area contributed by atoms with E-state index < -0.39 is 11.6 Å². The molecule has 142 valence electrons. The summed E-state index contributed by atoms with van der Waals surface area (Å²) in [4.78, 5) is 4.27. The van der Waals surface area contributed by atoms with Gasteiger partial charge in [0.2, 0.25) is 0 Å². The Balaban J connectivity index is 2.28. The molecule has 2 N–H and O–H groups in total. The van der Waals surface area contributed by atoms with Crippen LogP contribution in [0.5, 0.6) is 5.75 Å². The predicted octanol–water partition coefficient (Wildman–Crippen LogP) is 3.92. The van der Waals surface area contributed by atoms with Gasteiger partial charge >= 0.3 is 0 Å². The van der Waals surface area contributed by atoms with Gasteiger partial charge in [-0.15, -0.1) is 0 Å². The first-order valence-corrected chi connectivity index (χ1v) is 8.78. The van der Waals surface area contributed by atoms with Gasteiger partial charge in [-0.3, -0.25) is 0 Å². The average Bonchev–Trinajstić information content (AvgIpc) is 2.58. The van der Waals surface area contributed by atoms with Gasteiger partial charge in [0.15, 0.2) is 0 Å². The zero-order valence-electron chi connectivity index (χ0n) is 15.6. The van der Waals surface area contributed by atoms with Gasteiger partial charge in [0, 0.05) is 18.2 Å². The van der Waals surface area contributed by atoms with Crippen LogP contribution in [-0.2, 0) is 6.54 Å². The Hall–Kier alpha value is -2.05. The van der Waals surface area contributed by atoms with Crippen LogP contribution in [0, 0.1) is 17.6 Å². The summed E-state index contributed by atoms with van der Waals surface area (Å²) in [6.07, 6.45) is -0.0410. The molecule has 1 heterocycles. The molecule has 0 aliphatic heterocycles. The smallest absolute Gasteiger partial charge is 0.146 e. The SMILES string of the molecule is CC(C)Oc1ccc(F)c(-c2ccc(F)c(CN[C@@H](CO)C(C)C)n2)c1. The number of pyridine rings is 1. The first kappa shape index (κ1) is 20.3. The van der Waals surface area contributed by atoms with Crippen molar-refractivity contribution >= 4 is 0 Å². The molecular formula is C20H26F2N2O2. The van der Waals surface area contributed by atoms with Gasteiger partial charge in [0.05, 0.1) is 24.1 Å². The van der Waals surface area contributed by atoms with Crippen LogP contribution >= 0.6 is 0 Å². The van der Waals surface area contributed by atoms with Crippen LogP contribution in [0.3, 0.4) is 0 Å². The highest BCUT2D eigenvalue weighted by atomic mass is 19.1. The van der Waals surface area contributed by atoms with E-state index in [9.17, 15) is 13.9 Å². The molecule has 0 spiro atoms. The topological polar surface area (TPSA) is 54.4 Å². The molecule has 1 atom stereocenters. The summed E-state index contributed by atoms with van der Waals surface area (Å²) in [5, 5.41) is 12.5. The average molecular weight is 364 g/mol. The molecule has 0 saturated heterocycles. The Bertz CT molecular complexity index is 736. The van der Waals surface area contributed by atoms with E-state index in [2.05, 4.69) is 10.3 Å². The van der Waals surface area contributed by atoms with Crippen LogP contribution in [0.2, 0.25) is 0 Å². The van der Waals surface area contributed by atoms with Gasteiger partial charge in [0.1, 0.15) is 17.4 Å². The highest BCUT2D eigenvalue weighted by Crippen LogP contribution is 2.27. The van der Waals surface area contributed by atoms with Crippen LogP contribution < -0.4 is 10.1 Å². The number of aliphatic hydroxyl groups excluding tert-OH is 1.